The van der Waals surface area contributed by atoms with Gasteiger partial charge in [-0.25, -0.2) is 0 Å². The Morgan fingerprint density at radius 2 is 1.93 bits per heavy atom. The molecule has 4 atom stereocenters. The molecule has 0 spiro atoms. The van der Waals surface area contributed by atoms with Crippen LogP contribution in [0.4, 0.5) is 0 Å². The summed E-state index contributed by atoms with van der Waals surface area (Å²) < 4.78 is 5.89. The third kappa shape index (κ3) is 3.27. The number of nitrogens with zero attached hydrogens (tertiary/aromatic N) is 1. The van der Waals surface area contributed by atoms with E-state index in [1.54, 1.807) is 0 Å². The maximum absolute atomic E-state index is 13.4. The van der Waals surface area contributed by atoms with Crippen LogP contribution >= 0.6 is 0 Å². The number of nitrogens with one attached hydrogen (secondary N) is 1. The summed E-state index contributed by atoms with van der Waals surface area (Å²) in [7, 11) is 0. The number of benzene rings is 1. The Hall–Kier alpha value is -1.88. The van der Waals surface area contributed by atoms with E-state index in [2.05, 4.69) is 17.1 Å². The molecular formula is C24H32N2O3. The SMILES string of the molecule is CC(N1CCNCC1=O)C12CC3CC(CC(C3)C1C(=O)OCc1ccccc1)C2. The minimum atomic E-state index is -0.116. The molecule has 1 heterocycles. The Kier molecular flexibility index (Phi) is 4.89. The molecule has 4 aliphatic carbocycles. The monoisotopic (exact) mass is 396 g/mol. The van der Waals surface area contributed by atoms with Gasteiger partial charge in [0.15, 0.2) is 0 Å². The van der Waals surface area contributed by atoms with Gasteiger partial charge >= 0.3 is 5.97 Å². The summed E-state index contributed by atoms with van der Waals surface area (Å²) in [6.07, 6.45) is 5.77. The summed E-state index contributed by atoms with van der Waals surface area (Å²) in [5.74, 6) is 1.92. The maximum atomic E-state index is 13.4. The molecule has 4 saturated carbocycles. The van der Waals surface area contributed by atoms with E-state index in [1.165, 1.54) is 6.42 Å². The largest absolute Gasteiger partial charge is 0.461 e. The van der Waals surface area contributed by atoms with Crippen molar-refractivity contribution in [2.24, 2.45) is 29.1 Å². The van der Waals surface area contributed by atoms with Crippen LogP contribution in [0.3, 0.4) is 0 Å². The van der Waals surface area contributed by atoms with E-state index in [-0.39, 0.29) is 29.3 Å². The summed E-state index contributed by atoms with van der Waals surface area (Å²) >= 11 is 0. The first-order chi connectivity index (χ1) is 14.1. The van der Waals surface area contributed by atoms with Crippen LogP contribution in [0.2, 0.25) is 0 Å². The number of esters is 1. The van der Waals surface area contributed by atoms with Crippen molar-refractivity contribution in [1.29, 1.82) is 0 Å². The number of hydrogen-bond donors (Lipinski definition) is 1. The van der Waals surface area contributed by atoms with E-state index in [0.29, 0.717) is 30.9 Å². The van der Waals surface area contributed by atoms with Crippen LogP contribution in [-0.4, -0.2) is 42.5 Å². The highest BCUT2D eigenvalue weighted by Crippen LogP contribution is 2.65. The molecule has 1 saturated heterocycles. The van der Waals surface area contributed by atoms with Gasteiger partial charge in [0.25, 0.3) is 0 Å². The first-order valence-electron chi connectivity index (χ1n) is 11.3. The molecule has 6 rings (SSSR count). The number of carbonyl (C=O) groups excluding carboxylic acids is 2. The van der Waals surface area contributed by atoms with Gasteiger partial charge in [0.2, 0.25) is 5.91 Å². The van der Waals surface area contributed by atoms with E-state index < -0.39 is 0 Å². The molecular weight excluding hydrogens is 364 g/mol. The summed E-state index contributed by atoms with van der Waals surface area (Å²) in [6, 6.07) is 10.0. The molecule has 1 amide bonds. The minimum absolute atomic E-state index is 0.0351. The molecule has 4 bridgehead atoms. The van der Waals surface area contributed by atoms with Gasteiger partial charge < -0.3 is 15.0 Å². The fourth-order valence-corrected chi connectivity index (χ4v) is 7.29. The summed E-state index contributed by atoms with van der Waals surface area (Å²) in [5.41, 5.74) is 0.916. The van der Waals surface area contributed by atoms with Gasteiger partial charge in [0, 0.05) is 24.5 Å². The lowest BCUT2D eigenvalue weighted by Crippen LogP contribution is -2.65. The second kappa shape index (κ2) is 7.42. The fraction of sp³-hybridized carbons (Fsp3) is 0.667. The van der Waals surface area contributed by atoms with Crippen LogP contribution in [0, 0.1) is 29.1 Å². The third-order valence-electron chi connectivity index (χ3n) is 8.27. The third-order valence-corrected chi connectivity index (χ3v) is 8.27. The predicted molar refractivity (Wildman–Crippen MR) is 110 cm³/mol. The average molecular weight is 397 g/mol. The van der Waals surface area contributed by atoms with Crippen molar-refractivity contribution in [1.82, 2.24) is 10.2 Å². The first-order valence-corrected chi connectivity index (χ1v) is 11.3. The van der Waals surface area contributed by atoms with E-state index in [9.17, 15) is 9.59 Å². The van der Waals surface area contributed by atoms with Crippen molar-refractivity contribution in [3.8, 4) is 0 Å². The Morgan fingerprint density at radius 1 is 1.21 bits per heavy atom. The number of rotatable bonds is 5. The zero-order valence-electron chi connectivity index (χ0n) is 17.3. The van der Waals surface area contributed by atoms with Crippen LogP contribution in [0.5, 0.6) is 0 Å². The molecule has 5 fully saturated rings. The second-order valence-corrected chi connectivity index (χ2v) is 9.85. The van der Waals surface area contributed by atoms with Gasteiger partial charge in [-0.15, -0.1) is 0 Å². The topological polar surface area (TPSA) is 58.6 Å². The quantitative estimate of drug-likeness (QED) is 0.778. The number of piperazine rings is 1. The van der Waals surface area contributed by atoms with Crippen molar-refractivity contribution < 1.29 is 14.3 Å². The molecule has 5 heteroatoms. The molecule has 29 heavy (non-hydrogen) atoms. The Balaban J connectivity index is 1.41. The highest BCUT2D eigenvalue weighted by atomic mass is 16.5. The number of carbonyl (C=O) groups is 2. The molecule has 1 N–H and O–H groups in total. The molecule has 0 radical (unpaired) electrons. The molecule has 1 aliphatic heterocycles. The van der Waals surface area contributed by atoms with Crippen molar-refractivity contribution in [3.63, 3.8) is 0 Å². The number of hydrogen-bond acceptors (Lipinski definition) is 4. The Bertz CT molecular complexity index is 766. The van der Waals surface area contributed by atoms with E-state index in [4.69, 9.17) is 4.74 Å². The van der Waals surface area contributed by atoms with E-state index >= 15 is 0 Å². The summed E-state index contributed by atoms with van der Waals surface area (Å²) in [4.78, 5) is 28.2. The maximum Gasteiger partial charge on any atom is 0.310 e. The zero-order valence-corrected chi connectivity index (χ0v) is 17.3. The van der Waals surface area contributed by atoms with Gasteiger partial charge in [-0.3, -0.25) is 9.59 Å². The van der Waals surface area contributed by atoms with Crippen LogP contribution in [-0.2, 0) is 20.9 Å². The number of ether oxygens (including phenoxy) is 1. The van der Waals surface area contributed by atoms with Crippen LogP contribution in [0.1, 0.15) is 44.6 Å². The standard InChI is InChI=1S/C24H32N2O3/c1-16(26-8-7-25-14-21(26)27)24-12-18-9-19(13-24)11-20(10-18)22(24)23(28)29-15-17-5-3-2-4-6-17/h2-6,16,18-20,22,25H,7-15H2,1H3. The van der Waals surface area contributed by atoms with Gasteiger partial charge in [-0.05, 0) is 62.3 Å². The number of amides is 1. The zero-order chi connectivity index (χ0) is 20.0. The molecule has 5 nitrogen and oxygen atoms in total. The Labute approximate surface area is 173 Å². The molecule has 0 aromatic heterocycles. The van der Waals surface area contributed by atoms with Crippen molar-refractivity contribution in [3.05, 3.63) is 35.9 Å². The van der Waals surface area contributed by atoms with Gasteiger partial charge in [0.1, 0.15) is 6.61 Å². The lowest BCUT2D eigenvalue weighted by Gasteiger charge is -2.63. The fourth-order valence-electron chi connectivity index (χ4n) is 7.29. The molecule has 1 aromatic carbocycles. The predicted octanol–water partition coefficient (Wildman–Crippen LogP) is 2.99. The molecule has 5 aliphatic rings. The van der Waals surface area contributed by atoms with E-state index in [1.807, 2.05) is 30.3 Å². The van der Waals surface area contributed by atoms with Gasteiger partial charge in [-0.2, -0.15) is 0 Å². The molecule has 4 unspecified atom stereocenters. The minimum Gasteiger partial charge on any atom is -0.461 e. The lowest BCUT2D eigenvalue weighted by atomic mass is 9.43. The van der Waals surface area contributed by atoms with Crippen LogP contribution in [0.25, 0.3) is 0 Å². The van der Waals surface area contributed by atoms with E-state index in [0.717, 1.165) is 44.3 Å². The highest BCUT2D eigenvalue weighted by molar-refractivity contribution is 5.80. The van der Waals surface area contributed by atoms with Crippen LogP contribution in [0.15, 0.2) is 30.3 Å². The first kappa shape index (κ1) is 19.1. The Morgan fingerprint density at radius 3 is 2.62 bits per heavy atom. The molecule has 156 valence electrons. The van der Waals surface area contributed by atoms with Crippen LogP contribution < -0.4 is 5.32 Å². The van der Waals surface area contributed by atoms with Crippen molar-refractivity contribution >= 4 is 11.9 Å². The average Bonchev–Trinajstić information content (AvgIpc) is 2.72. The van der Waals surface area contributed by atoms with Crippen molar-refractivity contribution in [2.75, 3.05) is 19.6 Å². The molecule has 1 aromatic rings. The van der Waals surface area contributed by atoms with Crippen molar-refractivity contribution in [2.45, 2.75) is 51.7 Å². The lowest BCUT2D eigenvalue weighted by molar-refractivity contribution is -0.190. The normalized spacial score (nSPS) is 36.9. The second-order valence-electron chi connectivity index (χ2n) is 9.85. The summed E-state index contributed by atoms with van der Waals surface area (Å²) in [6.45, 7) is 4.54. The van der Waals surface area contributed by atoms with Gasteiger partial charge in [-0.1, -0.05) is 30.3 Å². The van der Waals surface area contributed by atoms with Gasteiger partial charge in [0.05, 0.1) is 12.5 Å². The smallest absolute Gasteiger partial charge is 0.310 e. The summed E-state index contributed by atoms with van der Waals surface area (Å²) in [5, 5.41) is 3.18. The highest BCUT2D eigenvalue weighted by Gasteiger charge is 2.63.